The fourth-order valence-electron chi connectivity index (χ4n) is 2.83. The van der Waals surface area contributed by atoms with Gasteiger partial charge in [-0.25, -0.2) is 0 Å². The van der Waals surface area contributed by atoms with Crippen molar-refractivity contribution in [2.45, 2.75) is 38.3 Å². The van der Waals surface area contributed by atoms with E-state index in [0.717, 1.165) is 32.4 Å². The second-order valence-corrected chi connectivity index (χ2v) is 4.84. The Morgan fingerprint density at radius 1 is 1.25 bits per heavy atom. The number of nitrogens with one attached hydrogen (secondary N) is 1. The molecule has 1 fully saturated rings. The van der Waals surface area contributed by atoms with Crippen molar-refractivity contribution in [1.82, 2.24) is 5.32 Å². The Labute approximate surface area is 94.1 Å². The molecule has 4 heteroatoms. The number of rotatable bonds is 1. The van der Waals surface area contributed by atoms with Gasteiger partial charge in [-0.3, -0.25) is 0 Å². The first-order valence-electron chi connectivity index (χ1n) is 6.03. The summed E-state index contributed by atoms with van der Waals surface area (Å²) in [6.07, 6.45) is 1.33. The largest absolute Gasteiger partial charge is 0.391 e. The second kappa shape index (κ2) is 4.78. The maximum absolute atomic E-state index is 12.7. The van der Waals surface area contributed by atoms with Gasteiger partial charge in [0.1, 0.15) is 0 Å². The molecule has 16 heavy (non-hydrogen) atoms. The monoisotopic (exact) mass is 233 g/mol. The molecular formula is C12H18F3N. The predicted octanol–water partition coefficient (Wildman–Crippen LogP) is 3.27. The maximum Gasteiger partial charge on any atom is 0.391 e. The molecular weight excluding hydrogens is 215 g/mol. The van der Waals surface area contributed by atoms with Crippen LogP contribution in [0.1, 0.15) is 32.1 Å². The van der Waals surface area contributed by atoms with E-state index in [-0.39, 0.29) is 5.92 Å². The highest BCUT2D eigenvalue weighted by Gasteiger charge is 2.42. The predicted molar refractivity (Wildman–Crippen MR) is 57.1 cm³/mol. The van der Waals surface area contributed by atoms with Crippen LogP contribution in [-0.4, -0.2) is 19.3 Å². The van der Waals surface area contributed by atoms with Crippen LogP contribution in [0.4, 0.5) is 13.2 Å². The van der Waals surface area contributed by atoms with Crippen molar-refractivity contribution in [1.29, 1.82) is 0 Å². The van der Waals surface area contributed by atoms with E-state index < -0.39 is 12.1 Å². The summed E-state index contributed by atoms with van der Waals surface area (Å²) in [6.45, 7) is 1.74. The Morgan fingerprint density at radius 2 is 2.06 bits per heavy atom. The number of alkyl halides is 3. The molecule has 0 radical (unpaired) electrons. The Hall–Kier alpha value is -0.510. The number of halogens is 3. The van der Waals surface area contributed by atoms with Gasteiger partial charge in [0.05, 0.1) is 5.92 Å². The van der Waals surface area contributed by atoms with E-state index in [9.17, 15) is 13.2 Å². The average Bonchev–Trinajstić information content (AvgIpc) is 2.29. The fourth-order valence-corrected chi connectivity index (χ4v) is 2.83. The quantitative estimate of drug-likeness (QED) is 0.685. The highest BCUT2D eigenvalue weighted by molar-refractivity contribution is 5.12. The fraction of sp³-hybridized carbons (Fsp3) is 0.833. The summed E-state index contributed by atoms with van der Waals surface area (Å²) in [6, 6.07) is 0. The van der Waals surface area contributed by atoms with Gasteiger partial charge in [0.2, 0.25) is 0 Å². The molecule has 1 N–H and O–H groups in total. The molecule has 0 amide bonds. The third-order valence-electron chi connectivity index (χ3n) is 3.76. The van der Waals surface area contributed by atoms with Gasteiger partial charge in [-0.15, -0.1) is 0 Å². The molecule has 2 atom stereocenters. The first-order chi connectivity index (χ1) is 7.57. The molecule has 2 aliphatic rings. The smallest absolute Gasteiger partial charge is 0.313 e. The molecule has 0 aromatic heterocycles. The van der Waals surface area contributed by atoms with E-state index in [1.54, 1.807) is 0 Å². The lowest BCUT2D eigenvalue weighted by Gasteiger charge is -2.33. The first-order valence-corrected chi connectivity index (χ1v) is 6.03. The summed E-state index contributed by atoms with van der Waals surface area (Å²) in [5.41, 5.74) is 1.26. The van der Waals surface area contributed by atoms with Crippen LogP contribution < -0.4 is 5.32 Å². The zero-order valence-corrected chi connectivity index (χ0v) is 9.32. The third kappa shape index (κ3) is 2.78. The van der Waals surface area contributed by atoms with Crippen LogP contribution in [0.25, 0.3) is 0 Å². The van der Waals surface area contributed by atoms with Crippen LogP contribution in [-0.2, 0) is 0 Å². The standard InChI is InChI=1S/C12H18F3N/c13-12(14,15)11-3-1-2-10(8-11)9-4-6-16-7-5-9/h4,10-11,16H,1-3,5-8H2. The van der Waals surface area contributed by atoms with Gasteiger partial charge in [-0.1, -0.05) is 18.1 Å². The van der Waals surface area contributed by atoms with Gasteiger partial charge < -0.3 is 5.32 Å². The summed E-state index contributed by atoms with van der Waals surface area (Å²) in [7, 11) is 0. The van der Waals surface area contributed by atoms with Crippen LogP contribution in [0.15, 0.2) is 11.6 Å². The van der Waals surface area contributed by atoms with E-state index in [1.165, 1.54) is 5.57 Å². The molecule has 0 aromatic rings. The minimum absolute atomic E-state index is 0.183. The second-order valence-electron chi connectivity index (χ2n) is 4.84. The van der Waals surface area contributed by atoms with E-state index in [2.05, 4.69) is 11.4 Å². The molecule has 2 rings (SSSR count). The average molecular weight is 233 g/mol. The van der Waals surface area contributed by atoms with Gasteiger partial charge in [0.25, 0.3) is 0 Å². The highest BCUT2D eigenvalue weighted by Crippen LogP contribution is 2.42. The molecule has 1 aliphatic heterocycles. The van der Waals surface area contributed by atoms with Crippen molar-refractivity contribution < 1.29 is 13.2 Å². The summed E-state index contributed by atoms with van der Waals surface area (Å²) in [4.78, 5) is 0. The van der Waals surface area contributed by atoms with Crippen molar-refractivity contribution in [3.05, 3.63) is 11.6 Å². The molecule has 1 heterocycles. The van der Waals surface area contributed by atoms with Crippen molar-refractivity contribution in [2.75, 3.05) is 13.1 Å². The van der Waals surface area contributed by atoms with Crippen molar-refractivity contribution in [3.63, 3.8) is 0 Å². The van der Waals surface area contributed by atoms with Gasteiger partial charge in [-0.2, -0.15) is 13.2 Å². The highest BCUT2D eigenvalue weighted by atomic mass is 19.4. The van der Waals surface area contributed by atoms with Crippen LogP contribution in [0.3, 0.4) is 0 Å². The minimum Gasteiger partial charge on any atom is -0.313 e. The van der Waals surface area contributed by atoms with Gasteiger partial charge in [-0.05, 0) is 38.1 Å². The minimum atomic E-state index is -3.99. The van der Waals surface area contributed by atoms with Crippen LogP contribution in [0, 0.1) is 11.8 Å². The van der Waals surface area contributed by atoms with Crippen molar-refractivity contribution in [2.24, 2.45) is 11.8 Å². The molecule has 0 bridgehead atoms. The molecule has 2 unspecified atom stereocenters. The zero-order valence-electron chi connectivity index (χ0n) is 9.32. The summed E-state index contributed by atoms with van der Waals surface area (Å²) in [5, 5.41) is 3.20. The van der Waals surface area contributed by atoms with E-state index in [1.807, 2.05) is 0 Å². The Bertz CT molecular complexity index is 270. The first kappa shape index (κ1) is 12.0. The van der Waals surface area contributed by atoms with Crippen molar-refractivity contribution >= 4 is 0 Å². The number of hydrogen-bond donors (Lipinski definition) is 1. The van der Waals surface area contributed by atoms with E-state index >= 15 is 0 Å². The lowest BCUT2D eigenvalue weighted by Crippen LogP contribution is -2.31. The lowest BCUT2D eigenvalue weighted by atomic mass is 9.76. The molecule has 0 spiro atoms. The molecule has 0 saturated heterocycles. The van der Waals surface area contributed by atoms with Gasteiger partial charge in [0.15, 0.2) is 0 Å². The molecule has 0 aromatic carbocycles. The van der Waals surface area contributed by atoms with Gasteiger partial charge in [0, 0.05) is 6.54 Å². The summed E-state index contributed by atoms with van der Waals surface area (Å²) < 4.78 is 38.0. The van der Waals surface area contributed by atoms with Gasteiger partial charge >= 0.3 is 6.18 Å². The molecule has 1 aliphatic carbocycles. The number of hydrogen-bond acceptors (Lipinski definition) is 1. The maximum atomic E-state index is 12.7. The van der Waals surface area contributed by atoms with Crippen LogP contribution >= 0.6 is 0 Å². The van der Waals surface area contributed by atoms with Crippen LogP contribution in [0.5, 0.6) is 0 Å². The summed E-state index contributed by atoms with van der Waals surface area (Å²) in [5.74, 6) is -0.885. The Balaban J connectivity index is 1.98. The topological polar surface area (TPSA) is 12.0 Å². The normalized spacial score (nSPS) is 32.3. The summed E-state index contributed by atoms with van der Waals surface area (Å²) >= 11 is 0. The van der Waals surface area contributed by atoms with E-state index in [4.69, 9.17) is 0 Å². The SMILES string of the molecule is FC(F)(F)C1CCCC(C2=CCNCC2)C1. The van der Waals surface area contributed by atoms with Crippen molar-refractivity contribution in [3.8, 4) is 0 Å². The van der Waals surface area contributed by atoms with E-state index in [0.29, 0.717) is 12.8 Å². The molecule has 92 valence electrons. The third-order valence-corrected chi connectivity index (χ3v) is 3.76. The van der Waals surface area contributed by atoms with Crippen LogP contribution in [0.2, 0.25) is 0 Å². The zero-order chi connectivity index (χ0) is 11.6. The Kier molecular flexibility index (Phi) is 3.57. The molecule has 1 saturated carbocycles. The molecule has 1 nitrogen and oxygen atoms in total. The Morgan fingerprint density at radius 3 is 2.69 bits per heavy atom. The lowest BCUT2D eigenvalue weighted by molar-refractivity contribution is -0.184.